The lowest BCUT2D eigenvalue weighted by Gasteiger charge is -2.35. The number of nitrogens with zero attached hydrogens (tertiary/aromatic N) is 3. The first-order valence-electron chi connectivity index (χ1n) is 15.1. The second kappa shape index (κ2) is 12.0. The van der Waals surface area contributed by atoms with E-state index in [1.54, 1.807) is 0 Å². The number of piperidine rings is 1. The van der Waals surface area contributed by atoms with Gasteiger partial charge in [-0.1, -0.05) is 67.6 Å². The van der Waals surface area contributed by atoms with Gasteiger partial charge < -0.3 is 25.0 Å². The van der Waals surface area contributed by atoms with Crippen LogP contribution in [0, 0.1) is 0 Å². The van der Waals surface area contributed by atoms with Gasteiger partial charge in [-0.2, -0.15) is 0 Å². The third-order valence-electron chi connectivity index (χ3n) is 9.02. The number of fused-ring (bicyclic) bond motifs is 2. The number of nitrogens with one attached hydrogen (secondary N) is 2. The molecule has 2 N–H and O–H groups in total. The highest BCUT2D eigenvalue weighted by Gasteiger charge is 2.37. The topological polar surface area (TPSA) is 71.7 Å². The van der Waals surface area contributed by atoms with Gasteiger partial charge in [-0.05, 0) is 73.7 Å². The highest BCUT2D eigenvalue weighted by atomic mass is 16.2. The van der Waals surface area contributed by atoms with Crippen LogP contribution in [0.25, 0.3) is 10.9 Å². The zero-order chi connectivity index (χ0) is 29.2. The van der Waals surface area contributed by atoms with Crippen LogP contribution in [-0.4, -0.2) is 66.5 Å². The quantitative estimate of drug-likeness (QED) is 0.295. The van der Waals surface area contributed by atoms with Crippen molar-refractivity contribution in [2.45, 2.75) is 50.6 Å². The number of likely N-dealkylation sites (tertiary alicyclic amines) is 1. The standard InChI is InChI=1S/C35H41N5O2/c1-24(30-22-36-31-12-8-7-11-29(30)31)33(34(41)40-20-17-28-14-13-25(21-32(28)40)23-38(2)3)37-35(42)39-18-15-27(16-19-39)26-9-5-4-6-10-26/h4-14,21-22,24,27,33,36H,15-20,23H2,1-3H3,(H,37,42)/t24-,33+/m0/s1. The third kappa shape index (κ3) is 5.66. The number of H-pyrrole nitrogens is 1. The van der Waals surface area contributed by atoms with Crippen molar-refractivity contribution >= 4 is 28.5 Å². The van der Waals surface area contributed by atoms with Crippen LogP contribution < -0.4 is 10.2 Å². The Morgan fingerprint density at radius 2 is 1.71 bits per heavy atom. The van der Waals surface area contributed by atoms with Gasteiger partial charge in [0.25, 0.3) is 0 Å². The van der Waals surface area contributed by atoms with Gasteiger partial charge in [0.15, 0.2) is 0 Å². The molecule has 2 aliphatic heterocycles. The average molecular weight is 564 g/mol. The molecule has 0 saturated carbocycles. The predicted octanol–water partition coefficient (Wildman–Crippen LogP) is 5.88. The number of amides is 3. The maximum atomic E-state index is 14.4. The first-order chi connectivity index (χ1) is 20.4. The fourth-order valence-electron chi connectivity index (χ4n) is 6.70. The summed E-state index contributed by atoms with van der Waals surface area (Å²) in [6.07, 6.45) is 4.64. The molecule has 42 heavy (non-hydrogen) atoms. The molecule has 1 aromatic heterocycles. The summed E-state index contributed by atoms with van der Waals surface area (Å²) in [7, 11) is 4.10. The molecule has 3 heterocycles. The molecule has 1 saturated heterocycles. The summed E-state index contributed by atoms with van der Waals surface area (Å²) in [6, 6.07) is 24.3. The molecule has 7 nitrogen and oxygen atoms in total. The van der Waals surface area contributed by atoms with Crippen molar-refractivity contribution in [3.8, 4) is 0 Å². The van der Waals surface area contributed by atoms with Crippen molar-refractivity contribution < 1.29 is 9.59 Å². The van der Waals surface area contributed by atoms with E-state index in [1.165, 1.54) is 16.7 Å². The van der Waals surface area contributed by atoms with Crippen LogP contribution in [0.5, 0.6) is 0 Å². The van der Waals surface area contributed by atoms with Crippen molar-refractivity contribution in [3.63, 3.8) is 0 Å². The van der Waals surface area contributed by atoms with Crippen molar-refractivity contribution in [2.24, 2.45) is 0 Å². The summed E-state index contributed by atoms with van der Waals surface area (Å²) in [5.74, 6) is 0.171. The molecule has 0 bridgehead atoms. The summed E-state index contributed by atoms with van der Waals surface area (Å²) in [4.78, 5) is 37.5. The molecular formula is C35H41N5O2. The van der Waals surface area contributed by atoms with Gasteiger partial charge in [0, 0.05) is 54.9 Å². The Morgan fingerprint density at radius 3 is 2.48 bits per heavy atom. The predicted molar refractivity (Wildman–Crippen MR) is 169 cm³/mol. The Hall–Kier alpha value is -4.10. The second-order valence-corrected chi connectivity index (χ2v) is 12.1. The monoisotopic (exact) mass is 563 g/mol. The Bertz CT molecular complexity index is 1550. The summed E-state index contributed by atoms with van der Waals surface area (Å²) >= 11 is 0. The smallest absolute Gasteiger partial charge is 0.318 e. The van der Waals surface area contributed by atoms with Gasteiger partial charge >= 0.3 is 6.03 Å². The Balaban J connectivity index is 1.25. The van der Waals surface area contributed by atoms with E-state index in [0.717, 1.165) is 48.0 Å². The Kier molecular flexibility index (Phi) is 8.02. The summed E-state index contributed by atoms with van der Waals surface area (Å²) in [6.45, 7) is 4.83. The van der Waals surface area contributed by atoms with E-state index in [4.69, 9.17) is 0 Å². The van der Waals surface area contributed by atoms with E-state index in [1.807, 2.05) is 54.4 Å². The third-order valence-corrected chi connectivity index (χ3v) is 9.02. The molecular weight excluding hydrogens is 522 g/mol. The molecule has 1 fully saturated rings. The van der Waals surface area contributed by atoms with Crippen molar-refractivity contribution in [1.29, 1.82) is 0 Å². The van der Waals surface area contributed by atoms with E-state index < -0.39 is 6.04 Å². The fraction of sp³-hybridized carbons (Fsp3) is 0.371. The van der Waals surface area contributed by atoms with E-state index in [2.05, 4.69) is 70.7 Å². The lowest BCUT2D eigenvalue weighted by molar-refractivity contribution is -0.120. The molecule has 6 rings (SSSR count). The number of anilines is 1. The number of carbonyl (C=O) groups is 2. The molecule has 3 aromatic carbocycles. The van der Waals surface area contributed by atoms with Gasteiger partial charge in [0.05, 0.1) is 0 Å². The Morgan fingerprint density at radius 1 is 0.976 bits per heavy atom. The normalized spacial score (nSPS) is 17.0. The van der Waals surface area contributed by atoms with E-state index in [0.29, 0.717) is 25.6 Å². The molecule has 218 valence electrons. The molecule has 0 radical (unpaired) electrons. The number of benzene rings is 3. The summed E-state index contributed by atoms with van der Waals surface area (Å²) in [5, 5.41) is 4.30. The maximum absolute atomic E-state index is 14.4. The van der Waals surface area contributed by atoms with Gasteiger partial charge in [-0.15, -0.1) is 0 Å². The van der Waals surface area contributed by atoms with Crippen LogP contribution >= 0.6 is 0 Å². The number of rotatable bonds is 7. The molecule has 0 aliphatic carbocycles. The fourth-order valence-corrected chi connectivity index (χ4v) is 6.70. The number of carbonyl (C=O) groups excluding carboxylic acids is 2. The Labute approximate surface area is 248 Å². The van der Waals surface area contributed by atoms with Crippen molar-refractivity contribution in [3.05, 3.63) is 101 Å². The van der Waals surface area contributed by atoms with Gasteiger partial charge in [-0.3, -0.25) is 4.79 Å². The number of hydrogen-bond donors (Lipinski definition) is 2. The number of aromatic nitrogens is 1. The minimum atomic E-state index is -0.702. The second-order valence-electron chi connectivity index (χ2n) is 12.1. The number of aromatic amines is 1. The van der Waals surface area contributed by atoms with Crippen LogP contribution in [0.4, 0.5) is 10.5 Å². The van der Waals surface area contributed by atoms with Crippen LogP contribution in [-0.2, 0) is 17.8 Å². The lowest BCUT2D eigenvalue weighted by Crippen LogP contribution is -2.55. The van der Waals surface area contributed by atoms with E-state index in [-0.39, 0.29) is 17.9 Å². The molecule has 2 aliphatic rings. The molecule has 4 aromatic rings. The summed E-state index contributed by atoms with van der Waals surface area (Å²) in [5.41, 5.74) is 6.71. The van der Waals surface area contributed by atoms with Gasteiger partial charge in [0.1, 0.15) is 6.04 Å². The largest absolute Gasteiger partial charge is 0.361 e. The zero-order valence-corrected chi connectivity index (χ0v) is 24.8. The van der Waals surface area contributed by atoms with Crippen LogP contribution in [0.1, 0.15) is 53.9 Å². The molecule has 0 spiro atoms. The number of hydrogen-bond acceptors (Lipinski definition) is 3. The zero-order valence-electron chi connectivity index (χ0n) is 24.8. The van der Waals surface area contributed by atoms with E-state index >= 15 is 0 Å². The molecule has 3 amide bonds. The van der Waals surface area contributed by atoms with E-state index in [9.17, 15) is 9.59 Å². The highest BCUT2D eigenvalue weighted by molar-refractivity contribution is 6.02. The van der Waals surface area contributed by atoms with Gasteiger partial charge in [0.2, 0.25) is 5.91 Å². The van der Waals surface area contributed by atoms with Crippen LogP contribution in [0.3, 0.4) is 0 Å². The highest BCUT2D eigenvalue weighted by Crippen LogP contribution is 2.34. The first kappa shape index (κ1) is 28.0. The number of para-hydroxylation sites is 1. The van der Waals surface area contributed by atoms with Crippen LogP contribution in [0.15, 0.2) is 79.0 Å². The number of urea groups is 1. The molecule has 7 heteroatoms. The minimum Gasteiger partial charge on any atom is -0.361 e. The minimum absolute atomic E-state index is 0.0546. The van der Waals surface area contributed by atoms with Crippen molar-refractivity contribution in [1.82, 2.24) is 20.1 Å². The SMILES string of the molecule is C[C@@H](c1c[nH]c2ccccc12)[C@@H](NC(=O)N1CCC(c2ccccc2)CC1)C(=O)N1CCc2ccc(CN(C)C)cc21. The average Bonchev–Trinajstić information content (AvgIpc) is 3.64. The van der Waals surface area contributed by atoms with Crippen molar-refractivity contribution in [2.75, 3.05) is 38.6 Å². The molecule has 2 atom stereocenters. The lowest BCUT2D eigenvalue weighted by atomic mass is 9.89. The van der Waals surface area contributed by atoms with Gasteiger partial charge in [-0.25, -0.2) is 4.79 Å². The first-order valence-corrected chi connectivity index (χ1v) is 15.1. The molecule has 0 unspecified atom stereocenters. The van der Waals surface area contributed by atoms with Crippen LogP contribution in [0.2, 0.25) is 0 Å². The maximum Gasteiger partial charge on any atom is 0.318 e. The summed E-state index contributed by atoms with van der Waals surface area (Å²) < 4.78 is 0.